The van der Waals surface area contributed by atoms with Gasteiger partial charge < -0.3 is 30.3 Å². The van der Waals surface area contributed by atoms with Crippen LogP contribution in [0.4, 0.5) is 0 Å². The molecule has 6 nitrogen and oxygen atoms in total. The van der Waals surface area contributed by atoms with Gasteiger partial charge in [0.15, 0.2) is 6.29 Å². The largest absolute Gasteiger partial charge is 0.394 e. The van der Waals surface area contributed by atoms with Crippen molar-refractivity contribution < 1.29 is 30.3 Å². The lowest BCUT2D eigenvalue weighted by atomic mass is 9.95. The minimum atomic E-state index is -1.57. The fourth-order valence-electron chi connectivity index (χ4n) is 3.75. The Morgan fingerprint density at radius 1 is 0.607 bits per heavy atom. The van der Waals surface area contributed by atoms with Gasteiger partial charge in [0.25, 0.3) is 0 Å². The van der Waals surface area contributed by atoms with Gasteiger partial charge in [-0.15, -0.1) is 0 Å². The highest BCUT2D eigenvalue weighted by atomic mass is 16.6. The zero-order valence-electron chi connectivity index (χ0n) is 15.0. The molecular formula is C22H22O6. The number of hydrogen-bond acceptors (Lipinski definition) is 6. The van der Waals surface area contributed by atoms with Crippen LogP contribution in [0, 0.1) is 0 Å². The summed E-state index contributed by atoms with van der Waals surface area (Å²) in [5.74, 6) is 0. The highest BCUT2D eigenvalue weighted by molar-refractivity contribution is 6.22. The van der Waals surface area contributed by atoms with Crippen molar-refractivity contribution in [3.05, 3.63) is 60.7 Å². The van der Waals surface area contributed by atoms with Gasteiger partial charge >= 0.3 is 0 Å². The molecule has 4 aromatic rings. The van der Waals surface area contributed by atoms with E-state index in [4.69, 9.17) is 25.5 Å². The predicted octanol–water partition coefficient (Wildman–Crippen LogP) is 1.36. The Kier molecular flexibility index (Phi) is 5.16. The van der Waals surface area contributed by atoms with E-state index < -0.39 is 37.3 Å². The maximum atomic E-state index is 9.12. The second kappa shape index (κ2) is 7.60. The van der Waals surface area contributed by atoms with E-state index in [0.717, 1.165) is 0 Å². The molecule has 0 spiro atoms. The third kappa shape index (κ3) is 3.20. The van der Waals surface area contributed by atoms with Crippen LogP contribution in [-0.2, 0) is 4.74 Å². The second-order valence-electron chi connectivity index (χ2n) is 7.01. The zero-order chi connectivity index (χ0) is 19.8. The van der Waals surface area contributed by atoms with Crippen LogP contribution in [0.25, 0.3) is 32.3 Å². The number of rotatable bonds is 1. The first-order valence-electron chi connectivity index (χ1n) is 9.12. The minimum absolute atomic E-state index is 0.526. The Bertz CT molecular complexity index is 946. The third-order valence-corrected chi connectivity index (χ3v) is 5.26. The number of benzene rings is 4. The molecule has 1 fully saturated rings. The Hall–Kier alpha value is -2.32. The smallest absolute Gasteiger partial charge is 0.184 e. The average molecular weight is 382 g/mol. The van der Waals surface area contributed by atoms with Crippen molar-refractivity contribution in [3.8, 4) is 0 Å². The molecule has 0 radical (unpaired) electrons. The van der Waals surface area contributed by atoms with Crippen LogP contribution in [0.5, 0.6) is 0 Å². The maximum absolute atomic E-state index is 9.12. The number of ether oxygens (including phenoxy) is 1. The van der Waals surface area contributed by atoms with Gasteiger partial charge in [-0.05, 0) is 32.3 Å². The first kappa shape index (κ1) is 19.0. The third-order valence-electron chi connectivity index (χ3n) is 5.26. The van der Waals surface area contributed by atoms with E-state index in [2.05, 4.69) is 65.4 Å². The highest BCUT2D eigenvalue weighted by Gasteiger charge is 2.42. The van der Waals surface area contributed by atoms with E-state index in [1.54, 1.807) is 0 Å². The molecule has 0 aromatic heterocycles. The molecule has 0 amide bonds. The molecule has 5 atom stereocenters. The van der Waals surface area contributed by atoms with Gasteiger partial charge in [-0.1, -0.05) is 60.7 Å². The number of aliphatic hydroxyl groups is 5. The van der Waals surface area contributed by atoms with Crippen molar-refractivity contribution in [2.24, 2.45) is 0 Å². The van der Waals surface area contributed by atoms with E-state index in [9.17, 15) is 0 Å². The van der Waals surface area contributed by atoms with Crippen molar-refractivity contribution in [1.82, 2.24) is 0 Å². The summed E-state index contributed by atoms with van der Waals surface area (Å²) >= 11 is 0. The summed E-state index contributed by atoms with van der Waals surface area (Å²) in [6, 6.07) is 21.9. The summed E-state index contributed by atoms with van der Waals surface area (Å²) in [6.07, 6.45) is -7.04. The Balaban J connectivity index is 0.000000145. The van der Waals surface area contributed by atoms with E-state index >= 15 is 0 Å². The topological polar surface area (TPSA) is 110 Å². The molecule has 1 aliphatic heterocycles. The van der Waals surface area contributed by atoms with Gasteiger partial charge in [0.2, 0.25) is 0 Å². The fourth-order valence-corrected chi connectivity index (χ4v) is 3.75. The first-order chi connectivity index (χ1) is 13.5. The van der Waals surface area contributed by atoms with Crippen molar-refractivity contribution >= 4 is 32.3 Å². The van der Waals surface area contributed by atoms with Crippen molar-refractivity contribution in [2.45, 2.75) is 30.7 Å². The molecule has 0 saturated carbocycles. The van der Waals surface area contributed by atoms with Crippen LogP contribution < -0.4 is 0 Å². The van der Waals surface area contributed by atoms with E-state index in [0.29, 0.717) is 0 Å². The number of aliphatic hydroxyl groups excluding tert-OH is 5. The average Bonchev–Trinajstić information content (AvgIpc) is 2.74. The molecule has 28 heavy (non-hydrogen) atoms. The molecule has 4 aromatic carbocycles. The molecule has 1 aliphatic rings. The molecular weight excluding hydrogens is 360 g/mol. The molecule has 5 rings (SSSR count). The monoisotopic (exact) mass is 382 g/mol. The zero-order valence-corrected chi connectivity index (χ0v) is 15.0. The molecule has 5 N–H and O–H groups in total. The number of hydrogen-bond donors (Lipinski definition) is 5. The summed E-state index contributed by atoms with van der Waals surface area (Å²) < 4.78 is 4.58. The van der Waals surface area contributed by atoms with Crippen LogP contribution in [0.2, 0.25) is 0 Å². The molecule has 0 bridgehead atoms. The van der Waals surface area contributed by atoms with Crippen molar-refractivity contribution in [2.75, 3.05) is 6.61 Å². The molecule has 6 heteroatoms. The van der Waals surface area contributed by atoms with Crippen LogP contribution in [0.3, 0.4) is 0 Å². The summed E-state index contributed by atoms with van der Waals surface area (Å²) in [5, 5.41) is 52.8. The maximum Gasteiger partial charge on any atom is 0.184 e. The SMILES string of the molecule is OC[C@H]1O[C@H](O)[C@@H](O)[C@@H](O)[C@@H]1O.c1cc2ccc3cccc4ccc(c1)c2c34. The van der Waals surface area contributed by atoms with Gasteiger partial charge in [-0.25, -0.2) is 0 Å². The lowest BCUT2D eigenvalue weighted by molar-refractivity contribution is -0.286. The van der Waals surface area contributed by atoms with Crippen molar-refractivity contribution in [3.63, 3.8) is 0 Å². The Morgan fingerprint density at radius 3 is 1.43 bits per heavy atom. The van der Waals surface area contributed by atoms with Crippen LogP contribution >= 0.6 is 0 Å². The standard InChI is InChI=1S/C16H10.C6H12O6/c1-3-11-7-9-13-5-2-6-14-10-8-12(4-1)15(11)16(13)14;7-1-2-3(8)4(9)5(10)6(11)12-2/h1-10H;2-11H,1H2/t;2-,3-,4+,5+,6+/m.1/s1. The first-order valence-corrected chi connectivity index (χ1v) is 9.12. The molecule has 146 valence electrons. The molecule has 0 unspecified atom stereocenters. The second-order valence-corrected chi connectivity index (χ2v) is 7.01. The molecule has 0 aliphatic carbocycles. The van der Waals surface area contributed by atoms with E-state index in [1.165, 1.54) is 32.3 Å². The highest BCUT2D eigenvalue weighted by Crippen LogP contribution is 2.33. The summed E-state index contributed by atoms with van der Waals surface area (Å²) in [5.41, 5.74) is 0. The fraction of sp³-hybridized carbons (Fsp3) is 0.273. The van der Waals surface area contributed by atoms with E-state index in [1.807, 2.05) is 0 Å². The normalized spacial score (nSPS) is 27.8. The van der Waals surface area contributed by atoms with Crippen LogP contribution in [-0.4, -0.2) is 62.8 Å². The summed E-state index contributed by atoms with van der Waals surface area (Å²) in [4.78, 5) is 0. The van der Waals surface area contributed by atoms with Gasteiger partial charge in [0.1, 0.15) is 24.4 Å². The van der Waals surface area contributed by atoms with Crippen molar-refractivity contribution in [1.29, 1.82) is 0 Å². The Morgan fingerprint density at radius 2 is 1.04 bits per heavy atom. The van der Waals surface area contributed by atoms with Gasteiger partial charge in [0, 0.05) is 0 Å². The summed E-state index contributed by atoms with van der Waals surface area (Å²) in [7, 11) is 0. The van der Waals surface area contributed by atoms with Gasteiger partial charge in [0.05, 0.1) is 6.61 Å². The summed E-state index contributed by atoms with van der Waals surface area (Å²) in [6.45, 7) is -0.526. The van der Waals surface area contributed by atoms with Gasteiger partial charge in [-0.2, -0.15) is 0 Å². The van der Waals surface area contributed by atoms with Gasteiger partial charge in [-0.3, -0.25) is 0 Å². The molecule has 1 heterocycles. The molecule has 1 saturated heterocycles. The van der Waals surface area contributed by atoms with Crippen LogP contribution in [0.1, 0.15) is 0 Å². The lowest BCUT2D eigenvalue weighted by Gasteiger charge is -2.37. The Labute approximate surface area is 161 Å². The quantitative estimate of drug-likeness (QED) is 0.318. The lowest BCUT2D eigenvalue weighted by Crippen LogP contribution is -2.58. The van der Waals surface area contributed by atoms with E-state index in [-0.39, 0.29) is 0 Å². The minimum Gasteiger partial charge on any atom is -0.394 e. The predicted molar refractivity (Wildman–Crippen MR) is 106 cm³/mol. The van der Waals surface area contributed by atoms with Crippen LogP contribution in [0.15, 0.2) is 60.7 Å².